The number of esters is 1. The molecule has 1 aromatic carbocycles. The SMILES string of the molecule is CCOC(=O)c1ccnc2ccc(OCCN(CC)CC)cc12.Cl.Cl. The highest BCUT2D eigenvalue weighted by atomic mass is 35.5. The largest absolute Gasteiger partial charge is 0.492 e. The van der Waals surface area contributed by atoms with E-state index in [1.165, 1.54) is 0 Å². The fourth-order valence-electron chi connectivity index (χ4n) is 2.43. The molecule has 0 N–H and O–H groups in total. The average molecular weight is 389 g/mol. The Balaban J connectivity index is 0.00000288. The Hall–Kier alpha value is -1.56. The summed E-state index contributed by atoms with van der Waals surface area (Å²) in [5, 5.41) is 0.756. The van der Waals surface area contributed by atoms with Gasteiger partial charge in [0.1, 0.15) is 12.4 Å². The van der Waals surface area contributed by atoms with Gasteiger partial charge in [-0.1, -0.05) is 13.8 Å². The van der Waals surface area contributed by atoms with Gasteiger partial charge >= 0.3 is 5.97 Å². The lowest BCUT2D eigenvalue weighted by molar-refractivity contribution is 0.0528. The zero-order valence-corrected chi connectivity index (χ0v) is 16.5. The van der Waals surface area contributed by atoms with Crippen LogP contribution in [-0.2, 0) is 4.74 Å². The van der Waals surface area contributed by atoms with E-state index in [1.54, 1.807) is 19.2 Å². The van der Waals surface area contributed by atoms with E-state index in [-0.39, 0.29) is 30.8 Å². The number of fused-ring (bicyclic) bond motifs is 1. The highest BCUT2D eigenvalue weighted by Crippen LogP contribution is 2.23. The standard InChI is InChI=1S/C18H24N2O3.2ClH/c1-4-20(5-2)11-12-23-14-7-8-17-16(13-14)15(9-10-19-17)18(21)22-6-3;;/h7-10,13H,4-6,11-12H2,1-3H3;2*1H. The second-order valence-electron chi connectivity index (χ2n) is 5.13. The first-order valence-electron chi connectivity index (χ1n) is 8.10. The van der Waals surface area contributed by atoms with Gasteiger partial charge in [0.2, 0.25) is 0 Å². The molecule has 0 aliphatic carbocycles. The monoisotopic (exact) mass is 388 g/mol. The number of hydrogen-bond donors (Lipinski definition) is 0. The Morgan fingerprint density at radius 1 is 1.12 bits per heavy atom. The van der Waals surface area contributed by atoms with Crippen molar-refractivity contribution in [2.45, 2.75) is 20.8 Å². The maximum absolute atomic E-state index is 12.1. The van der Waals surface area contributed by atoms with E-state index in [0.29, 0.717) is 18.8 Å². The second kappa shape index (κ2) is 11.9. The Bertz CT molecular complexity index is 664. The third-order valence-corrected chi connectivity index (χ3v) is 3.78. The molecule has 5 nitrogen and oxygen atoms in total. The van der Waals surface area contributed by atoms with Crippen molar-refractivity contribution in [2.75, 3.05) is 32.8 Å². The molecule has 0 unspecified atom stereocenters. The van der Waals surface area contributed by atoms with Gasteiger partial charge in [0.15, 0.2) is 0 Å². The molecule has 0 fully saturated rings. The summed E-state index contributed by atoms with van der Waals surface area (Å²) in [4.78, 5) is 18.6. The summed E-state index contributed by atoms with van der Waals surface area (Å²) in [6.07, 6.45) is 1.62. The number of nitrogens with zero attached hydrogens (tertiary/aromatic N) is 2. The van der Waals surface area contributed by atoms with Crippen LogP contribution in [0.5, 0.6) is 5.75 Å². The Morgan fingerprint density at radius 3 is 2.48 bits per heavy atom. The minimum absolute atomic E-state index is 0. The number of rotatable bonds is 8. The number of ether oxygens (including phenoxy) is 2. The lowest BCUT2D eigenvalue weighted by atomic mass is 10.1. The summed E-state index contributed by atoms with van der Waals surface area (Å²) in [6, 6.07) is 7.29. The summed E-state index contributed by atoms with van der Waals surface area (Å²) in [7, 11) is 0. The van der Waals surface area contributed by atoms with Gasteiger partial charge in [-0.3, -0.25) is 4.98 Å². The van der Waals surface area contributed by atoms with Gasteiger partial charge in [0.25, 0.3) is 0 Å². The molecule has 0 amide bonds. The van der Waals surface area contributed by atoms with Crippen molar-refractivity contribution < 1.29 is 14.3 Å². The van der Waals surface area contributed by atoms with Crippen LogP contribution < -0.4 is 4.74 Å². The van der Waals surface area contributed by atoms with Gasteiger partial charge in [0, 0.05) is 18.1 Å². The fourth-order valence-corrected chi connectivity index (χ4v) is 2.43. The van der Waals surface area contributed by atoms with Crippen LogP contribution >= 0.6 is 24.8 Å². The van der Waals surface area contributed by atoms with E-state index < -0.39 is 0 Å². The topological polar surface area (TPSA) is 51.7 Å². The van der Waals surface area contributed by atoms with Crippen molar-refractivity contribution in [3.05, 3.63) is 36.0 Å². The molecule has 0 atom stereocenters. The van der Waals surface area contributed by atoms with Gasteiger partial charge in [-0.15, -0.1) is 24.8 Å². The van der Waals surface area contributed by atoms with E-state index in [0.717, 1.165) is 36.3 Å². The van der Waals surface area contributed by atoms with E-state index in [4.69, 9.17) is 9.47 Å². The fraction of sp³-hybridized carbons (Fsp3) is 0.444. The number of carbonyl (C=O) groups is 1. The van der Waals surface area contributed by atoms with Gasteiger partial charge in [-0.2, -0.15) is 0 Å². The number of likely N-dealkylation sites (N-methyl/N-ethyl adjacent to an activating group) is 1. The minimum atomic E-state index is -0.333. The van der Waals surface area contributed by atoms with Gasteiger partial charge in [0.05, 0.1) is 17.7 Å². The normalized spacial score (nSPS) is 10.1. The molecule has 0 aliphatic rings. The van der Waals surface area contributed by atoms with Crippen LogP contribution in [0.2, 0.25) is 0 Å². The van der Waals surface area contributed by atoms with Crippen molar-refractivity contribution in [3.63, 3.8) is 0 Å². The summed E-state index contributed by atoms with van der Waals surface area (Å²) < 4.78 is 10.9. The molecule has 0 aliphatic heterocycles. The van der Waals surface area contributed by atoms with Crippen LogP contribution in [0.1, 0.15) is 31.1 Å². The molecule has 7 heteroatoms. The highest BCUT2D eigenvalue weighted by Gasteiger charge is 2.12. The molecule has 0 bridgehead atoms. The predicted octanol–water partition coefficient (Wildman–Crippen LogP) is 3.98. The number of hydrogen-bond acceptors (Lipinski definition) is 5. The van der Waals surface area contributed by atoms with Gasteiger partial charge in [-0.25, -0.2) is 4.79 Å². The Labute approximate surface area is 161 Å². The summed E-state index contributed by atoms with van der Waals surface area (Å²) in [5.74, 6) is 0.406. The van der Waals surface area contributed by atoms with E-state index in [9.17, 15) is 4.79 Å². The predicted molar refractivity (Wildman–Crippen MR) is 105 cm³/mol. The van der Waals surface area contributed by atoms with E-state index >= 15 is 0 Å². The van der Waals surface area contributed by atoms with Crippen molar-refractivity contribution >= 4 is 41.7 Å². The average Bonchev–Trinajstić information content (AvgIpc) is 2.58. The lowest BCUT2D eigenvalue weighted by Crippen LogP contribution is -2.27. The molecule has 2 rings (SSSR count). The first-order valence-corrected chi connectivity index (χ1v) is 8.10. The van der Waals surface area contributed by atoms with Crippen molar-refractivity contribution in [2.24, 2.45) is 0 Å². The third kappa shape index (κ3) is 6.34. The molecule has 25 heavy (non-hydrogen) atoms. The molecule has 140 valence electrons. The van der Waals surface area contributed by atoms with Crippen LogP contribution in [0.25, 0.3) is 10.9 Å². The van der Waals surface area contributed by atoms with Crippen LogP contribution in [-0.4, -0.2) is 48.7 Å². The van der Waals surface area contributed by atoms with Crippen molar-refractivity contribution in [1.82, 2.24) is 9.88 Å². The Morgan fingerprint density at radius 2 is 1.84 bits per heavy atom. The van der Waals surface area contributed by atoms with Crippen LogP contribution in [0.4, 0.5) is 0 Å². The number of halogens is 2. The van der Waals surface area contributed by atoms with Gasteiger partial charge in [-0.05, 0) is 44.3 Å². The number of pyridine rings is 1. The van der Waals surface area contributed by atoms with Gasteiger partial charge < -0.3 is 14.4 Å². The molecule has 0 spiro atoms. The van der Waals surface area contributed by atoms with Crippen LogP contribution in [0, 0.1) is 0 Å². The zero-order valence-electron chi connectivity index (χ0n) is 14.9. The molecular formula is C18H26Cl2N2O3. The smallest absolute Gasteiger partial charge is 0.338 e. The maximum atomic E-state index is 12.1. The van der Waals surface area contributed by atoms with Crippen LogP contribution in [0.3, 0.4) is 0 Å². The first kappa shape index (κ1) is 23.4. The summed E-state index contributed by atoms with van der Waals surface area (Å²) in [6.45, 7) is 9.92. The molecule has 1 heterocycles. The maximum Gasteiger partial charge on any atom is 0.338 e. The molecule has 0 saturated carbocycles. The van der Waals surface area contributed by atoms with Crippen molar-refractivity contribution in [1.29, 1.82) is 0 Å². The molecule has 1 aromatic heterocycles. The minimum Gasteiger partial charge on any atom is -0.492 e. The summed E-state index contributed by atoms with van der Waals surface area (Å²) >= 11 is 0. The third-order valence-electron chi connectivity index (χ3n) is 3.78. The zero-order chi connectivity index (χ0) is 16.7. The lowest BCUT2D eigenvalue weighted by Gasteiger charge is -2.18. The van der Waals surface area contributed by atoms with E-state index in [1.807, 2.05) is 18.2 Å². The molecule has 0 radical (unpaired) electrons. The molecule has 2 aromatic rings. The number of carbonyl (C=O) groups excluding carboxylic acids is 1. The number of benzene rings is 1. The number of aromatic nitrogens is 1. The highest BCUT2D eigenvalue weighted by molar-refractivity contribution is 6.03. The second-order valence-corrected chi connectivity index (χ2v) is 5.13. The first-order chi connectivity index (χ1) is 11.2. The van der Waals surface area contributed by atoms with Crippen LogP contribution in [0.15, 0.2) is 30.5 Å². The summed E-state index contributed by atoms with van der Waals surface area (Å²) in [5.41, 5.74) is 1.28. The quantitative estimate of drug-likeness (QED) is 0.640. The Kier molecular flexibility index (Phi) is 11.2. The van der Waals surface area contributed by atoms with E-state index in [2.05, 4.69) is 23.7 Å². The molecule has 0 saturated heterocycles. The van der Waals surface area contributed by atoms with Crippen molar-refractivity contribution in [3.8, 4) is 5.75 Å². The molecular weight excluding hydrogens is 363 g/mol.